The van der Waals surface area contributed by atoms with Gasteiger partial charge in [-0.3, -0.25) is 9.59 Å². The highest BCUT2D eigenvalue weighted by atomic mass is 32.1. The number of thiophene rings is 1. The number of hydrogen-bond acceptors (Lipinski definition) is 5. The Kier molecular flexibility index (Phi) is 7.28. The zero-order valence-electron chi connectivity index (χ0n) is 17.3. The van der Waals surface area contributed by atoms with Crippen molar-refractivity contribution in [3.8, 4) is 5.75 Å². The van der Waals surface area contributed by atoms with Crippen LogP contribution in [0.3, 0.4) is 0 Å². The van der Waals surface area contributed by atoms with Gasteiger partial charge in [0.1, 0.15) is 5.75 Å². The summed E-state index contributed by atoms with van der Waals surface area (Å²) >= 11 is 1.46. The zero-order valence-corrected chi connectivity index (χ0v) is 18.1. The molecule has 2 aromatic rings. The van der Waals surface area contributed by atoms with E-state index in [1.54, 1.807) is 7.11 Å². The molecular weight excluding hydrogens is 386 g/mol. The van der Waals surface area contributed by atoms with Gasteiger partial charge < -0.3 is 19.9 Å². The zero-order chi connectivity index (χ0) is 20.8. The molecule has 1 fully saturated rings. The van der Waals surface area contributed by atoms with Crippen molar-refractivity contribution < 1.29 is 14.3 Å². The number of benzene rings is 1. The quantitative estimate of drug-likeness (QED) is 0.755. The molecule has 0 saturated carbocycles. The van der Waals surface area contributed by atoms with Crippen molar-refractivity contribution in [2.75, 3.05) is 40.8 Å². The van der Waals surface area contributed by atoms with Crippen LogP contribution in [0.15, 0.2) is 41.8 Å². The summed E-state index contributed by atoms with van der Waals surface area (Å²) < 4.78 is 5.23. The third-order valence-electron chi connectivity index (χ3n) is 5.48. The standard InChI is InChI=1S/C22H29N3O3S/c1-24(2)19(16-6-8-18(28-3)9-7-16)15-23-21(26)17-10-12-25(13-11-17)22(27)20-5-4-14-29-20/h4-9,14,17,19H,10-13,15H2,1-3H3,(H,23,26). The third kappa shape index (κ3) is 5.36. The topological polar surface area (TPSA) is 61.9 Å². The van der Waals surface area contributed by atoms with Gasteiger partial charge in [0.2, 0.25) is 5.91 Å². The molecule has 1 saturated heterocycles. The lowest BCUT2D eigenvalue weighted by Gasteiger charge is -2.32. The highest BCUT2D eigenvalue weighted by Gasteiger charge is 2.28. The Labute approximate surface area is 176 Å². The molecule has 6 nitrogen and oxygen atoms in total. The van der Waals surface area contributed by atoms with Crippen molar-refractivity contribution in [3.63, 3.8) is 0 Å². The summed E-state index contributed by atoms with van der Waals surface area (Å²) in [5.74, 6) is 0.930. The molecule has 1 aromatic heterocycles. The number of carbonyl (C=O) groups is 2. The first-order chi connectivity index (χ1) is 14.0. The van der Waals surface area contributed by atoms with Gasteiger partial charge in [0.25, 0.3) is 5.91 Å². The molecule has 29 heavy (non-hydrogen) atoms. The fourth-order valence-electron chi connectivity index (χ4n) is 3.67. The molecule has 0 radical (unpaired) electrons. The van der Waals surface area contributed by atoms with Crippen LogP contribution in [0.4, 0.5) is 0 Å². The van der Waals surface area contributed by atoms with Crippen LogP contribution in [-0.4, -0.2) is 62.5 Å². The number of ether oxygens (including phenoxy) is 1. The summed E-state index contributed by atoms with van der Waals surface area (Å²) in [7, 11) is 5.67. The van der Waals surface area contributed by atoms with Gasteiger partial charge in [-0.15, -0.1) is 11.3 Å². The number of hydrogen-bond donors (Lipinski definition) is 1. The van der Waals surface area contributed by atoms with E-state index >= 15 is 0 Å². The molecule has 1 aliphatic rings. The number of nitrogens with one attached hydrogen (secondary N) is 1. The molecule has 1 atom stereocenters. The summed E-state index contributed by atoms with van der Waals surface area (Å²) in [6, 6.07) is 11.8. The molecule has 7 heteroatoms. The molecule has 0 bridgehead atoms. The molecule has 1 aliphatic heterocycles. The normalized spacial score (nSPS) is 15.9. The maximum atomic E-state index is 12.7. The lowest BCUT2D eigenvalue weighted by atomic mass is 9.95. The van der Waals surface area contributed by atoms with Crippen LogP contribution in [0.1, 0.15) is 34.1 Å². The van der Waals surface area contributed by atoms with E-state index in [0.717, 1.165) is 16.2 Å². The van der Waals surface area contributed by atoms with Crippen molar-refractivity contribution in [2.45, 2.75) is 18.9 Å². The number of likely N-dealkylation sites (tertiary alicyclic amines) is 1. The van der Waals surface area contributed by atoms with E-state index in [9.17, 15) is 9.59 Å². The Morgan fingerprint density at radius 2 is 1.90 bits per heavy atom. The highest BCUT2D eigenvalue weighted by molar-refractivity contribution is 7.12. The molecule has 2 heterocycles. The molecule has 1 aromatic carbocycles. The predicted octanol–water partition coefficient (Wildman–Crippen LogP) is 3.03. The average molecular weight is 416 g/mol. The largest absolute Gasteiger partial charge is 0.497 e. The minimum atomic E-state index is -0.0407. The monoisotopic (exact) mass is 415 g/mol. The van der Waals surface area contributed by atoms with Gasteiger partial charge in [-0.1, -0.05) is 18.2 Å². The first kappa shape index (κ1) is 21.3. The van der Waals surface area contributed by atoms with Crippen LogP contribution in [0.2, 0.25) is 0 Å². The molecular formula is C22H29N3O3S. The molecule has 156 valence electrons. The van der Waals surface area contributed by atoms with E-state index in [2.05, 4.69) is 10.2 Å². The second-order valence-corrected chi connectivity index (χ2v) is 8.49. The smallest absolute Gasteiger partial charge is 0.263 e. The summed E-state index contributed by atoms with van der Waals surface area (Å²) in [5, 5.41) is 5.03. The van der Waals surface area contributed by atoms with Gasteiger partial charge in [0, 0.05) is 25.6 Å². The van der Waals surface area contributed by atoms with Crippen molar-refractivity contribution in [3.05, 3.63) is 52.2 Å². The third-order valence-corrected chi connectivity index (χ3v) is 6.34. The number of methoxy groups -OCH3 is 1. The van der Waals surface area contributed by atoms with Gasteiger partial charge in [-0.25, -0.2) is 0 Å². The SMILES string of the molecule is COc1ccc(C(CNC(=O)C2CCN(C(=O)c3cccs3)CC2)N(C)C)cc1. The van der Waals surface area contributed by atoms with Crippen molar-refractivity contribution >= 4 is 23.2 Å². The fourth-order valence-corrected chi connectivity index (χ4v) is 4.36. The molecule has 1 N–H and O–H groups in total. The number of piperidine rings is 1. The number of nitrogens with zero attached hydrogens (tertiary/aromatic N) is 2. The molecule has 2 amide bonds. The van der Waals surface area contributed by atoms with Crippen LogP contribution in [0.25, 0.3) is 0 Å². The van der Waals surface area contributed by atoms with Crippen molar-refractivity contribution in [1.82, 2.24) is 15.1 Å². The molecule has 3 rings (SSSR count). The first-order valence-electron chi connectivity index (χ1n) is 9.90. The van der Waals surface area contributed by atoms with E-state index in [1.165, 1.54) is 11.3 Å². The van der Waals surface area contributed by atoms with E-state index < -0.39 is 0 Å². The number of rotatable bonds is 7. The summed E-state index contributed by atoms with van der Waals surface area (Å²) in [6.45, 7) is 1.81. The van der Waals surface area contributed by atoms with Crippen LogP contribution in [0.5, 0.6) is 5.75 Å². The van der Waals surface area contributed by atoms with Crippen molar-refractivity contribution in [2.24, 2.45) is 5.92 Å². The lowest BCUT2D eigenvalue weighted by Crippen LogP contribution is -2.44. The number of carbonyl (C=O) groups excluding carboxylic acids is 2. The van der Waals surface area contributed by atoms with Crippen LogP contribution in [-0.2, 0) is 4.79 Å². The van der Waals surface area contributed by atoms with Crippen LogP contribution >= 0.6 is 11.3 Å². The molecule has 1 unspecified atom stereocenters. The average Bonchev–Trinajstić information content (AvgIpc) is 3.28. The Morgan fingerprint density at radius 3 is 2.45 bits per heavy atom. The maximum Gasteiger partial charge on any atom is 0.263 e. The second-order valence-electron chi connectivity index (χ2n) is 7.54. The van der Waals surface area contributed by atoms with E-state index in [0.29, 0.717) is 32.5 Å². The number of amides is 2. The van der Waals surface area contributed by atoms with E-state index in [-0.39, 0.29) is 23.8 Å². The maximum absolute atomic E-state index is 12.7. The van der Waals surface area contributed by atoms with Crippen LogP contribution < -0.4 is 10.1 Å². The Hall–Kier alpha value is -2.38. The lowest BCUT2D eigenvalue weighted by molar-refractivity contribution is -0.126. The Bertz CT molecular complexity index is 797. The minimum absolute atomic E-state index is 0.0407. The summed E-state index contributed by atoms with van der Waals surface area (Å²) in [4.78, 5) is 29.9. The second kappa shape index (κ2) is 9.89. The van der Waals surface area contributed by atoms with Crippen LogP contribution in [0, 0.1) is 5.92 Å². The van der Waals surface area contributed by atoms with E-state index in [1.807, 2.05) is 60.8 Å². The summed E-state index contributed by atoms with van der Waals surface area (Å²) in [5.41, 5.74) is 1.13. The van der Waals surface area contributed by atoms with Gasteiger partial charge in [0.15, 0.2) is 0 Å². The highest BCUT2D eigenvalue weighted by Crippen LogP contribution is 2.23. The fraction of sp³-hybridized carbons (Fsp3) is 0.455. The van der Waals surface area contributed by atoms with Gasteiger partial charge >= 0.3 is 0 Å². The minimum Gasteiger partial charge on any atom is -0.497 e. The Morgan fingerprint density at radius 1 is 1.21 bits per heavy atom. The van der Waals surface area contributed by atoms with Gasteiger partial charge in [-0.2, -0.15) is 0 Å². The first-order valence-corrected chi connectivity index (χ1v) is 10.8. The molecule has 0 spiro atoms. The van der Waals surface area contributed by atoms with Crippen molar-refractivity contribution in [1.29, 1.82) is 0 Å². The number of likely N-dealkylation sites (N-methyl/N-ethyl adjacent to an activating group) is 1. The van der Waals surface area contributed by atoms with Gasteiger partial charge in [0.05, 0.1) is 18.0 Å². The predicted molar refractivity (Wildman–Crippen MR) is 115 cm³/mol. The molecule has 0 aliphatic carbocycles. The Balaban J connectivity index is 1.51. The van der Waals surface area contributed by atoms with Gasteiger partial charge in [-0.05, 0) is 56.1 Å². The van der Waals surface area contributed by atoms with E-state index in [4.69, 9.17) is 4.74 Å². The summed E-state index contributed by atoms with van der Waals surface area (Å²) in [6.07, 6.45) is 1.41.